The van der Waals surface area contributed by atoms with Gasteiger partial charge in [-0.25, -0.2) is 0 Å². The molecule has 1 heterocycles. The van der Waals surface area contributed by atoms with E-state index in [4.69, 9.17) is 5.11 Å². The highest BCUT2D eigenvalue weighted by molar-refractivity contribution is 5.74. The molecule has 1 aliphatic heterocycles. The topological polar surface area (TPSA) is 49.3 Å². The Balaban J connectivity index is 2.04. The number of rotatable bonds is 1. The van der Waals surface area contributed by atoms with E-state index < -0.39 is 5.97 Å². The maximum atomic E-state index is 10.4. The number of hydrogen-bond acceptors (Lipinski definition) is 2. The van der Waals surface area contributed by atoms with E-state index >= 15 is 0 Å². The van der Waals surface area contributed by atoms with Gasteiger partial charge in [-0.15, -0.1) is 0 Å². The second-order valence-corrected chi connectivity index (χ2v) is 3.67. The zero-order valence-electron chi connectivity index (χ0n) is 5.92. The molecule has 3 heteroatoms. The highest BCUT2D eigenvalue weighted by Crippen LogP contribution is 2.53. The van der Waals surface area contributed by atoms with Crippen LogP contribution in [-0.4, -0.2) is 23.2 Å². The van der Waals surface area contributed by atoms with Crippen molar-refractivity contribution in [1.82, 2.24) is 5.32 Å². The van der Waals surface area contributed by atoms with Gasteiger partial charge in [0.2, 0.25) is 0 Å². The van der Waals surface area contributed by atoms with Crippen LogP contribution in [0, 0.1) is 5.41 Å². The van der Waals surface area contributed by atoms with Crippen LogP contribution in [0.5, 0.6) is 0 Å². The lowest BCUT2D eigenvalue weighted by atomic mass is 10.0. The summed E-state index contributed by atoms with van der Waals surface area (Å²) in [6.07, 6.45) is 1.98. The number of piperidine rings is 1. The largest absolute Gasteiger partial charge is 0.480 e. The van der Waals surface area contributed by atoms with Crippen LogP contribution in [0.2, 0.25) is 0 Å². The summed E-state index contributed by atoms with van der Waals surface area (Å²) in [7, 11) is 0. The molecule has 2 N–H and O–H groups in total. The molecule has 3 atom stereocenters. The van der Waals surface area contributed by atoms with Gasteiger partial charge in [-0.3, -0.25) is 4.79 Å². The van der Waals surface area contributed by atoms with Crippen molar-refractivity contribution in [2.45, 2.75) is 31.8 Å². The van der Waals surface area contributed by atoms with Crippen molar-refractivity contribution in [2.24, 2.45) is 5.41 Å². The van der Waals surface area contributed by atoms with Crippen LogP contribution < -0.4 is 5.32 Å². The molecule has 10 heavy (non-hydrogen) atoms. The molecular formula is C7H11NO2. The number of hydrogen-bond donors (Lipinski definition) is 2. The molecule has 1 unspecified atom stereocenters. The third-order valence-corrected chi connectivity index (χ3v) is 2.72. The Morgan fingerprint density at radius 3 is 2.70 bits per heavy atom. The standard InChI is InChI=1S/C7H11NO2/c1-7-2-4(6(9)10)8-5(7)3-7/h4-5,8H,2-3H2,1H3,(H,9,10)/t4-,5-,7?/m0/s1. The van der Waals surface area contributed by atoms with Crippen LogP contribution >= 0.6 is 0 Å². The average Bonchev–Trinajstić information content (AvgIpc) is 2.32. The van der Waals surface area contributed by atoms with Crippen LogP contribution in [0.4, 0.5) is 0 Å². The van der Waals surface area contributed by atoms with Crippen molar-refractivity contribution >= 4 is 5.97 Å². The predicted octanol–water partition coefficient (Wildman–Crippen LogP) is 0.211. The minimum absolute atomic E-state index is 0.274. The fraction of sp³-hybridized carbons (Fsp3) is 0.857. The quantitative estimate of drug-likeness (QED) is 0.549. The molecule has 1 saturated heterocycles. The van der Waals surface area contributed by atoms with Crippen molar-refractivity contribution in [3.05, 3.63) is 0 Å². The molecule has 2 fully saturated rings. The number of aliphatic carboxylic acids is 1. The molecule has 0 radical (unpaired) electrons. The third-order valence-electron chi connectivity index (χ3n) is 2.72. The molecule has 0 aromatic carbocycles. The van der Waals surface area contributed by atoms with Crippen LogP contribution in [0.15, 0.2) is 0 Å². The summed E-state index contributed by atoms with van der Waals surface area (Å²) < 4.78 is 0. The zero-order valence-corrected chi connectivity index (χ0v) is 5.92. The average molecular weight is 141 g/mol. The maximum Gasteiger partial charge on any atom is 0.320 e. The lowest BCUT2D eigenvalue weighted by Gasteiger charge is -2.07. The normalized spacial score (nSPS) is 50.5. The lowest BCUT2D eigenvalue weighted by molar-refractivity contribution is -0.139. The van der Waals surface area contributed by atoms with E-state index in [2.05, 4.69) is 12.2 Å². The van der Waals surface area contributed by atoms with Crippen LogP contribution in [-0.2, 0) is 4.79 Å². The zero-order chi connectivity index (χ0) is 7.35. The Kier molecular flexibility index (Phi) is 0.944. The minimum Gasteiger partial charge on any atom is -0.480 e. The molecule has 0 aromatic heterocycles. The van der Waals surface area contributed by atoms with Crippen molar-refractivity contribution in [3.63, 3.8) is 0 Å². The minimum atomic E-state index is -0.701. The van der Waals surface area contributed by atoms with Gasteiger partial charge in [0, 0.05) is 6.04 Å². The summed E-state index contributed by atoms with van der Waals surface area (Å²) in [6, 6.07) is 0.220. The Morgan fingerprint density at radius 2 is 2.40 bits per heavy atom. The summed E-state index contributed by atoms with van der Waals surface area (Å²) >= 11 is 0. The first-order chi connectivity index (χ1) is 4.62. The summed E-state index contributed by atoms with van der Waals surface area (Å²) in [5, 5.41) is 11.7. The molecule has 0 aromatic rings. The second kappa shape index (κ2) is 1.53. The fourth-order valence-electron chi connectivity index (χ4n) is 1.82. The van der Waals surface area contributed by atoms with Crippen LogP contribution in [0.3, 0.4) is 0 Å². The predicted molar refractivity (Wildman–Crippen MR) is 35.7 cm³/mol. The van der Waals surface area contributed by atoms with E-state index in [0.29, 0.717) is 11.5 Å². The van der Waals surface area contributed by atoms with E-state index in [9.17, 15) is 4.79 Å². The highest BCUT2D eigenvalue weighted by Gasteiger charge is 2.58. The van der Waals surface area contributed by atoms with E-state index in [1.54, 1.807) is 0 Å². The van der Waals surface area contributed by atoms with E-state index in [-0.39, 0.29) is 6.04 Å². The Bertz CT molecular complexity index is 192. The summed E-state index contributed by atoms with van der Waals surface area (Å²) in [5.74, 6) is -0.701. The smallest absolute Gasteiger partial charge is 0.320 e. The van der Waals surface area contributed by atoms with E-state index in [1.807, 2.05) is 0 Å². The van der Waals surface area contributed by atoms with Gasteiger partial charge < -0.3 is 10.4 Å². The van der Waals surface area contributed by atoms with Gasteiger partial charge in [-0.2, -0.15) is 0 Å². The first kappa shape index (κ1) is 6.16. The molecule has 0 amide bonds. The highest BCUT2D eigenvalue weighted by atomic mass is 16.4. The third kappa shape index (κ3) is 0.669. The van der Waals surface area contributed by atoms with Gasteiger partial charge in [-0.1, -0.05) is 6.92 Å². The molecular weight excluding hydrogens is 130 g/mol. The molecule has 56 valence electrons. The molecule has 1 aliphatic carbocycles. The summed E-state index contributed by atoms with van der Waals surface area (Å²) in [5.41, 5.74) is 0.322. The SMILES string of the molecule is CC12C[C@@H](C(=O)O)N[C@H]1C2. The number of carbonyl (C=O) groups is 1. The van der Waals surface area contributed by atoms with Gasteiger partial charge >= 0.3 is 5.97 Å². The first-order valence-electron chi connectivity index (χ1n) is 3.61. The van der Waals surface area contributed by atoms with Crippen molar-refractivity contribution in [1.29, 1.82) is 0 Å². The number of carboxylic acid groups (broad SMARTS) is 1. The second-order valence-electron chi connectivity index (χ2n) is 3.67. The molecule has 1 saturated carbocycles. The Hall–Kier alpha value is -0.570. The van der Waals surface area contributed by atoms with Gasteiger partial charge in [0.25, 0.3) is 0 Å². The first-order valence-corrected chi connectivity index (χ1v) is 3.61. The molecule has 2 aliphatic rings. The molecule has 2 rings (SSSR count). The van der Waals surface area contributed by atoms with Gasteiger partial charge in [-0.05, 0) is 18.3 Å². The molecule has 0 bridgehead atoms. The maximum absolute atomic E-state index is 10.4. The molecule has 3 nitrogen and oxygen atoms in total. The van der Waals surface area contributed by atoms with E-state index in [0.717, 1.165) is 12.8 Å². The van der Waals surface area contributed by atoms with Crippen molar-refractivity contribution in [2.75, 3.05) is 0 Å². The Morgan fingerprint density at radius 1 is 1.70 bits per heavy atom. The van der Waals surface area contributed by atoms with Gasteiger partial charge in [0.05, 0.1) is 0 Å². The van der Waals surface area contributed by atoms with Crippen molar-refractivity contribution < 1.29 is 9.90 Å². The summed E-state index contributed by atoms with van der Waals surface area (Å²) in [6.45, 7) is 2.15. The monoisotopic (exact) mass is 141 g/mol. The fourth-order valence-corrected chi connectivity index (χ4v) is 1.82. The Labute approximate surface area is 59.4 Å². The summed E-state index contributed by atoms with van der Waals surface area (Å²) in [4.78, 5) is 10.4. The lowest BCUT2D eigenvalue weighted by Crippen LogP contribution is -2.33. The number of carboxylic acids is 1. The van der Waals surface area contributed by atoms with Crippen molar-refractivity contribution in [3.8, 4) is 0 Å². The van der Waals surface area contributed by atoms with Gasteiger partial charge in [0.1, 0.15) is 6.04 Å². The van der Waals surface area contributed by atoms with Crippen LogP contribution in [0.25, 0.3) is 0 Å². The van der Waals surface area contributed by atoms with E-state index in [1.165, 1.54) is 0 Å². The van der Waals surface area contributed by atoms with Gasteiger partial charge in [0.15, 0.2) is 0 Å². The number of nitrogens with one attached hydrogen (secondary N) is 1. The number of fused-ring (bicyclic) bond motifs is 1. The van der Waals surface area contributed by atoms with Crippen LogP contribution in [0.1, 0.15) is 19.8 Å². The molecule has 0 spiro atoms.